The van der Waals surface area contributed by atoms with Crippen LogP contribution in [0.2, 0.25) is 0 Å². The van der Waals surface area contributed by atoms with Gasteiger partial charge in [-0.05, 0) is 147 Å². The van der Waals surface area contributed by atoms with E-state index in [0.29, 0.717) is 51.0 Å². The second-order valence-corrected chi connectivity index (χ2v) is 17.0. The summed E-state index contributed by atoms with van der Waals surface area (Å²) >= 11 is 5.59. The summed E-state index contributed by atoms with van der Waals surface area (Å²) in [4.78, 5) is 127. The number of aromatic nitrogens is 3. The van der Waals surface area contributed by atoms with Crippen molar-refractivity contribution < 1.29 is 42.3 Å². The first-order valence-electron chi connectivity index (χ1n) is 20.1. The minimum atomic E-state index is -3.47. The summed E-state index contributed by atoms with van der Waals surface area (Å²) in [6.07, 6.45) is 8.64. The van der Waals surface area contributed by atoms with Gasteiger partial charge in [0.1, 0.15) is 17.2 Å². The summed E-state index contributed by atoms with van der Waals surface area (Å²) in [6.45, 7) is 1.55. The van der Waals surface area contributed by atoms with Crippen LogP contribution in [0.5, 0.6) is 17.2 Å². The molecule has 0 radical (unpaired) electrons. The van der Waals surface area contributed by atoms with E-state index in [0.717, 1.165) is 13.7 Å². The fraction of sp³-hybridized carbons (Fsp3) is 0.0625. The maximum Gasteiger partial charge on any atom is 0.490 e. The molecule has 0 unspecified atom stereocenters. The van der Waals surface area contributed by atoms with Gasteiger partial charge < -0.3 is 13.6 Å². The van der Waals surface area contributed by atoms with E-state index < -0.39 is 23.8 Å². The van der Waals surface area contributed by atoms with Crippen molar-refractivity contribution in [2.45, 2.75) is 20.8 Å². The lowest BCUT2D eigenvalue weighted by atomic mass is 10.1. The fourth-order valence-electron chi connectivity index (χ4n) is 6.27. The Labute approximate surface area is 404 Å². The van der Waals surface area contributed by atoms with Crippen LogP contribution >= 0.6 is 6.72 Å². The molecule has 7 rings (SSSR count). The average Bonchev–Trinajstić information content (AvgIpc) is 3.34. The molecule has 0 atom stereocenters. The lowest BCUT2D eigenvalue weighted by Crippen LogP contribution is -2.52. The van der Waals surface area contributed by atoms with Crippen LogP contribution in [-0.4, -0.2) is 50.2 Å². The summed E-state index contributed by atoms with van der Waals surface area (Å²) in [7, 11) is 0. The monoisotopic (exact) mass is 987 g/mol. The Bertz CT molecular complexity index is 3330. The number of hydrogen-bond acceptors (Lipinski definition) is 19. The molecule has 0 aliphatic heterocycles. The van der Waals surface area contributed by atoms with Crippen molar-refractivity contribution in [1.82, 2.24) is 13.7 Å². The van der Waals surface area contributed by atoms with Crippen molar-refractivity contribution in [2.24, 2.45) is 30.0 Å². The molecule has 0 aliphatic rings. The molecule has 23 heteroatoms. The predicted molar refractivity (Wildman–Crippen MR) is 260 cm³/mol. The summed E-state index contributed by atoms with van der Waals surface area (Å²) in [6, 6.07) is 31.5. The summed E-state index contributed by atoms with van der Waals surface area (Å²) in [5.74, 6) is 0.965. The Balaban J connectivity index is 0.000000237. The standard InChI is InChI=1S/C27H18N6O6.C21H12N3O6PS/c1-16-4-7-19(10-22(16)28-13-34)31-25(37)32(20-8-5-17(2)23(11-20)29-14-35)27(39)33(26(31)38)21-9-6-18(3)24(12-21)30-15-36;25-13-22-16-1-7-19(8-2-16)28-31(32,29-20-9-3-17(4-10-20)23-14-26)30-21-11-5-18(6-12-21)24-15-27/h4-12H,1-3H3;1-12H. The van der Waals surface area contributed by atoms with Crippen molar-refractivity contribution in [3.63, 3.8) is 0 Å². The summed E-state index contributed by atoms with van der Waals surface area (Å²) < 4.78 is 19.8. The zero-order chi connectivity index (χ0) is 51.1. The number of aliphatic imine (C=N–C) groups is 6. The van der Waals surface area contributed by atoms with Crippen LogP contribution in [0.4, 0.5) is 34.1 Å². The Hall–Kier alpha value is -9.94. The highest BCUT2D eigenvalue weighted by molar-refractivity contribution is 8.08. The van der Waals surface area contributed by atoms with E-state index >= 15 is 0 Å². The van der Waals surface area contributed by atoms with Crippen LogP contribution in [0.15, 0.2) is 172 Å². The van der Waals surface area contributed by atoms with Gasteiger partial charge in [-0.15, -0.1) is 0 Å². The smallest absolute Gasteiger partial charge is 0.407 e. The van der Waals surface area contributed by atoms with Gasteiger partial charge in [0.15, 0.2) is 0 Å². The maximum absolute atomic E-state index is 13.8. The molecule has 21 nitrogen and oxygen atoms in total. The van der Waals surface area contributed by atoms with Crippen LogP contribution in [0.1, 0.15) is 16.7 Å². The molecule has 0 amide bonds. The van der Waals surface area contributed by atoms with Gasteiger partial charge in [-0.2, -0.15) is 30.0 Å². The first-order chi connectivity index (χ1) is 34.2. The van der Waals surface area contributed by atoms with Crippen LogP contribution < -0.4 is 30.6 Å². The number of rotatable bonds is 15. The third kappa shape index (κ3) is 12.3. The molecule has 0 bridgehead atoms. The third-order valence-corrected chi connectivity index (χ3v) is 11.7. The van der Waals surface area contributed by atoms with Gasteiger partial charge in [-0.1, -0.05) is 18.2 Å². The van der Waals surface area contributed by atoms with Gasteiger partial charge in [-0.3, -0.25) is 0 Å². The van der Waals surface area contributed by atoms with Crippen molar-refractivity contribution in [3.05, 3.63) is 176 Å². The van der Waals surface area contributed by atoms with Gasteiger partial charge in [0.05, 0.1) is 51.2 Å². The van der Waals surface area contributed by atoms with E-state index in [1.807, 2.05) is 0 Å². The molecule has 7 aromatic rings. The van der Waals surface area contributed by atoms with E-state index in [1.54, 1.807) is 112 Å². The predicted octanol–water partition coefficient (Wildman–Crippen LogP) is 8.32. The first kappa shape index (κ1) is 50.5. The normalized spacial score (nSPS) is 10.8. The van der Waals surface area contributed by atoms with E-state index in [9.17, 15) is 43.2 Å². The number of nitrogens with zero attached hydrogens (tertiary/aromatic N) is 9. The lowest BCUT2D eigenvalue weighted by molar-refractivity contribution is 0.384. The molecule has 71 heavy (non-hydrogen) atoms. The van der Waals surface area contributed by atoms with E-state index in [2.05, 4.69) is 30.0 Å². The quantitative estimate of drug-likeness (QED) is 0.0532. The van der Waals surface area contributed by atoms with Gasteiger partial charge >= 0.3 is 23.8 Å². The first-order valence-corrected chi connectivity index (χ1v) is 22.6. The highest BCUT2D eigenvalue weighted by atomic mass is 32.5. The number of aryl methyl sites for hydroxylation is 3. The van der Waals surface area contributed by atoms with E-state index in [4.69, 9.17) is 25.4 Å². The molecular weight excluding hydrogens is 958 g/mol. The average molecular weight is 988 g/mol. The number of carbonyl (C=O) groups excluding carboxylic acids is 6. The molecule has 0 spiro atoms. The minimum Gasteiger partial charge on any atom is -0.407 e. The van der Waals surface area contributed by atoms with Crippen molar-refractivity contribution in [1.29, 1.82) is 0 Å². The van der Waals surface area contributed by atoms with Gasteiger partial charge in [0, 0.05) is 11.8 Å². The molecule has 350 valence electrons. The molecule has 1 heterocycles. The highest BCUT2D eigenvalue weighted by Crippen LogP contribution is 2.50. The van der Waals surface area contributed by atoms with E-state index in [-0.39, 0.29) is 34.1 Å². The van der Waals surface area contributed by atoms with Crippen LogP contribution in [0.3, 0.4) is 0 Å². The number of hydrogen-bond donors (Lipinski definition) is 0. The van der Waals surface area contributed by atoms with Crippen molar-refractivity contribution in [3.8, 4) is 34.3 Å². The molecule has 1 aromatic heterocycles. The zero-order valence-corrected chi connectivity index (χ0v) is 38.6. The lowest BCUT2D eigenvalue weighted by Gasteiger charge is -2.23. The summed E-state index contributed by atoms with van der Waals surface area (Å²) in [5.41, 5.74) is 0.335. The van der Waals surface area contributed by atoms with Crippen LogP contribution in [0, 0.1) is 20.8 Å². The Morgan fingerprint density at radius 2 is 0.620 bits per heavy atom. The van der Waals surface area contributed by atoms with Gasteiger partial charge in [0.2, 0.25) is 36.5 Å². The van der Waals surface area contributed by atoms with E-state index in [1.165, 1.54) is 72.9 Å². The SMILES string of the molecule is Cc1ccc(-n2c(=O)n(-c3ccc(C)c(N=C=O)c3)c(=O)n(-c3ccc(C)c(N=C=O)c3)c2=O)cc1N=C=O.O=C=Nc1ccc(OP(=S)(Oc2ccc(N=C=O)cc2)Oc2ccc(N=C=O)cc2)cc1. The molecule has 0 fully saturated rings. The van der Waals surface area contributed by atoms with Crippen molar-refractivity contribution in [2.75, 3.05) is 0 Å². The highest BCUT2D eigenvalue weighted by Gasteiger charge is 2.27. The summed E-state index contributed by atoms with van der Waals surface area (Å²) in [5, 5.41) is 0. The van der Waals surface area contributed by atoms with Crippen LogP contribution in [-0.2, 0) is 40.6 Å². The number of isocyanates is 6. The number of benzene rings is 6. The third-order valence-electron chi connectivity index (χ3n) is 9.68. The Morgan fingerprint density at radius 3 is 0.845 bits per heavy atom. The topological polar surface area (TPSA) is 270 Å². The van der Waals surface area contributed by atoms with Gasteiger partial charge in [0.25, 0.3) is 0 Å². The molecule has 0 saturated carbocycles. The van der Waals surface area contributed by atoms with Gasteiger partial charge in [-0.25, -0.2) is 56.9 Å². The van der Waals surface area contributed by atoms with Crippen LogP contribution in [0.25, 0.3) is 17.1 Å². The largest absolute Gasteiger partial charge is 0.490 e. The molecule has 6 aromatic carbocycles. The second kappa shape index (κ2) is 23.2. The Kier molecular flexibility index (Phi) is 16.5. The molecule has 0 saturated heterocycles. The fourth-order valence-corrected chi connectivity index (χ4v) is 8.30. The Morgan fingerprint density at radius 1 is 0.380 bits per heavy atom. The molecular formula is C48H30N9O12PS. The minimum absolute atomic E-state index is 0.0172. The zero-order valence-electron chi connectivity index (χ0n) is 36.9. The second-order valence-electron chi connectivity index (χ2n) is 14.2. The molecule has 0 N–H and O–H groups in total. The molecule has 0 aliphatic carbocycles. The van der Waals surface area contributed by atoms with Crippen molar-refractivity contribution >= 4 is 89.1 Å². The maximum atomic E-state index is 13.8.